The van der Waals surface area contributed by atoms with Crippen LogP contribution in [0.1, 0.15) is 36.3 Å². The number of likely N-dealkylation sites (tertiary alicyclic amines) is 1. The quantitative estimate of drug-likeness (QED) is 0.849. The molecule has 0 N–H and O–H groups in total. The topological polar surface area (TPSA) is 26.8 Å². The number of rotatable bonds is 3. The van der Waals surface area contributed by atoms with Gasteiger partial charge in [-0.2, -0.15) is 0 Å². The number of fused-ring (bicyclic) bond motifs is 1. The van der Waals surface area contributed by atoms with Crippen LogP contribution in [0.15, 0.2) is 24.3 Å². The molecule has 24 heavy (non-hydrogen) atoms. The van der Waals surface area contributed by atoms with E-state index < -0.39 is 0 Å². The smallest absolute Gasteiger partial charge is 0.230 e. The van der Waals surface area contributed by atoms with Crippen molar-refractivity contribution in [1.29, 1.82) is 0 Å². The van der Waals surface area contributed by atoms with E-state index in [-0.39, 0.29) is 5.92 Å². The fourth-order valence-corrected chi connectivity index (χ4v) is 4.73. The molecular formula is C20H29N3O. The van der Waals surface area contributed by atoms with Gasteiger partial charge in [-0.15, -0.1) is 0 Å². The number of carbonyl (C=O) groups is 1. The average molecular weight is 327 g/mol. The molecule has 4 rings (SSSR count). The summed E-state index contributed by atoms with van der Waals surface area (Å²) in [5.74, 6) is 0.461. The Hall–Kier alpha value is -1.39. The predicted molar refractivity (Wildman–Crippen MR) is 96.2 cm³/mol. The van der Waals surface area contributed by atoms with E-state index in [4.69, 9.17) is 0 Å². The number of amides is 1. The Labute approximate surface area is 145 Å². The zero-order valence-corrected chi connectivity index (χ0v) is 14.8. The summed E-state index contributed by atoms with van der Waals surface area (Å²) in [6.45, 7) is 6.34. The number of piperazine rings is 1. The molecule has 2 aliphatic heterocycles. The molecule has 0 saturated carbocycles. The molecule has 1 aromatic carbocycles. The largest absolute Gasteiger partial charge is 0.335 e. The van der Waals surface area contributed by atoms with Gasteiger partial charge in [0.15, 0.2) is 0 Å². The molecule has 3 aliphatic rings. The molecule has 0 spiro atoms. The van der Waals surface area contributed by atoms with E-state index in [1.54, 1.807) is 0 Å². The maximum atomic E-state index is 13.3. The van der Waals surface area contributed by atoms with Crippen LogP contribution in [0.3, 0.4) is 0 Å². The lowest BCUT2D eigenvalue weighted by molar-refractivity contribution is -0.138. The summed E-state index contributed by atoms with van der Waals surface area (Å²) in [4.78, 5) is 20.5. The lowest BCUT2D eigenvalue weighted by atomic mass is 9.98. The van der Waals surface area contributed by atoms with Crippen LogP contribution in [0.25, 0.3) is 0 Å². The Morgan fingerprint density at radius 1 is 1.12 bits per heavy atom. The number of nitrogens with zero attached hydrogens (tertiary/aromatic N) is 3. The summed E-state index contributed by atoms with van der Waals surface area (Å²) in [5, 5.41) is 0. The molecule has 130 valence electrons. The second kappa shape index (κ2) is 6.85. The van der Waals surface area contributed by atoms with Crippen molar-refractivity contribution in [2.24, 2.45) is 0 Å². The first-order chi connectivity index (χ1) is 11.7. The maximum absolute atomic E-state index is 13.3. The molecule has 2 saturated heterocycles. The Kier molecular flexibility index (Phi) is 4.59. The molecule has 0 radical (unpaired) electrons. The first-order valence-electron chi connectivity index (χ1n) is 9.51. The molecular weight excluding hydrogens is 298 g/mol. The number of carbonyl (C=O) groups excluding carboxylic acids is 1. The highest BCUT2D eigenvalue weighted by molar-refractivity contribution is 5.85. The van der Waals surface area contributed by atoms with Crippen molar-refractivity contribution >= 4 is 5.91 Å². The van der Waals surface area contributed by atoms with Gasteiger partial charge in [-0.25, -0.2) is 0 Å². The number of hydrogen-bond donors (Lipinski definition) is 0. The highest BCUT2D eigenvalue weighted by Gasteiger charge is 2.37. The van der Waals surface area contributed by atoms with Crippen molar-refractivity contribution in [3.8, 4) is 0 Å². The van der Waals surface area contributed by atoms with Crippen LogP contribution in [0.2, 0.25) is 0 Å². The Bertz CT molecular complexity index is 596. The molecule has 2 heterocycles. The third kappa shape index (κ3) is 3.09. The third-order valence-electron chi connectivity index (χ3n) is 6.07. The number of likely N-dealkylation sites (N-methyl/N-ethyl adjacent to an activating group) is 1. The van der Waals surface area contributed by atoms with Crippen LogP contribution >= 0.6 is 0 Å². The van der Waals surface area contributed by atoms with Crippen molar-refractivity contribution in [3.63, 3.8) is 0 Å². The number of benzene rings is 1. The Morgan fingerprint density at radius 3 is 2.75 bits per heavy atom. The fraction of sp³-hybridized carbons (Fsp3) is 0.650. The summed E-state index contributed by atoms with van der Waals surface area (Å²) in [6, 6.07) is 8.88. The van der Waals surface area contributed by atoms with Crippen LogP contribution < -0.4 is 0 Å². The van der Waals surface area contributed by atoms with Crippen molar-refractivity contribution in [2.75, 3.05) is 46.3 Å². The normalized spacial score (nSPS) is 28.3. The maximum Gasteiger partial charge on any atom is 0.230 e. The zero-order valence-electron chi connectivity index (χ0n) is 14.8. The summed E-state index contributed by atoms with van der Waals surface area (Å²) < 4.78 is 0. The van der Waals surface area contributed by atoms with Gasteiger partial charge in [0.25, 0.3) is 0 Å². The molecule has 2 fully saturated rings. The van der Waals surface area contributed by atoms with E-state index in [1.807, 2.05) is 0 Å². The minimum Gasteiger partial charge on any atom is -0.335 e. The lowest BCUT2D eigenvalue weighted by Gasteiger charge is -2.42. The van der Waals surface area contributed by atoms with E-state index in [0.29, 0.717) is 11.9 Å². The summed E-state index contributed by atoms with van der Waals surface area (Å²) >= 11 is 0. The van der Waals surface area contributed by atoms with Gasteiger partial charge in [-0.05, 0) is 56.9 Å². The second-order valence-corrected chi connectivity index (χ2v) is 7.75. The second-order valence-electron chi connectivity index (χ2n) is 7.75. The van der Waals surface area contributed by atoms with Gasteiger partial charge in [-0.1, -0.05) is 24.3 Å². The molecule has 0 aromatic heterocycles. The summed E-state index contributed by atoms with van der Waals surface area (Å²) in [6.07, 6.45) is 4.66. The Morgan fingerprint density at radius 2 is 1.92 bits per heavy atom. The summed E-state index contributed by atoms with van der Waals surface area (Å²) in [7, 11) is 2.18. The number of hydrogen-bond acceptors (Lipinski definition) is 3. The molecule has 4 nitrogen and oxygen atoms in total. The van der Waals surface area contributed by atoms with Crippen molar-refractivity contribution in [3.05, 3.63) is 35.4 Å². The van der Waals surface area contributed by atoms with Gasteiger partial charge < -0.3 is 14.7 Å². The van der Waals surface area contributed by atoms with Gasteiger partial charge >= 0.3 is 0 Å². The van der Waals surface area contributed by atoms with Crippen molar-refractivity contribution in [2.45, 2.75) is 37.6 Å². The van der Waals surface area contributed by atoms with Gasteiger partial charge in [0, 0.05) is 26.2 Å². The van der Waals surface area contributed by atoms with Gasteiger partial charge in [0.1, 0.15) is 0 Å². The van der Waals surface area contributed by atoms with Crippen LogP contribution in [0.5, 0.6) is 0 Å². The minimum absolute atomic E-state index is 0.0886. The fourth-order valence-electron chi connectivity index (χ4n) is 4.73. The standard InChI is InChI=1S/C20H29N3O/c1-21-12-13-23(17(14-21)15-22-10-4-5-11-22)20(24)19-9-8-16-6-2-3-7-18(16)19/h2-3,6-7,17,19H,4-5,8-15H2,1H3. The molecule has 1 aromatic rings. The van der Waals surface area contributed by atoms with Crippen LogP contribution in [-0.4, -0.2) is 73.0 Å². The highest BCUT2D eigenvalue weighted by atomic mass is 16.2. The molecule has 1 aliphatic carbocycles. The molecule has 2 atom stereocenters. The average Bonchev–Trinajstić information content (AvgIpc) is 3.24. The van der Waals surface area contributed by atoms with E-state index in [2.05, 4.69) is 46.0 Å². The first-order valence-corrected chi connectivity index (χ1v) is 9.51. The van der Waals surface area contributed by atoms with Crippen molar-refractivity contribution < 1.29 is 4.79 Å². The monoisotopic (exact) mass is 327 g/mol. The molecule has 1 amide bonds. The molecule has 0 bridgehead atoms. The molecule has 2 unspecified atom stereocenters. The van der Waals surface area contributed by atoms with Crippen LogP contribution in [-0.2, 0) is 11.2 Å². The third-order valence-corrected chi connectivity index (χ3v) is 6.07. The number of aryl methyl sites for hydroxylation is 1. The van der Waals surface area contributed by atoms with Crippen LogP contribution in [0.4, 0.5) is 0 Å². The zero-order chi connectivity index (χ0) is 16.5. The van der Waals surface area contributed by atoms with Crippen molar-refractivity contribution in [1.82, 2.24) is 14.7 Å². The lowest BCUT2D eigenvalue weighted by Crippen LogP contribution is -2.58. The Balaban J connectivity index is 1.51. The van der Waals surface area contributed by atoms with Crippen LogP contribution in [0, 0.1) is 0 Å². The summed E-state index contributed by atoms with van der Waals surface area (Å²) in [5.41, 5.74) is 2.66. The van der Waals surface area contributed by atoms with E-state index in [9.17, 15) is 4.79 Å². The first kappa shape index (κ1) is 16.1. The SMILES string of the molecule is CN1CCN(C(=O)C2CCc3ccccc32)C(CN2CCCC2)C1. The minimum atomic E-state index is 0.0886. The molecule has 4 heteroatoms. The van der Waals surface area contributed by atoms with E-state index in [0.717, 1.165) is 39.0 Å². The van der Waals surface area contributed by atoms with Gasteiger partial charge in [-0.3, -0.25) is 4.79 Å². The van der Waals surface area contributed by atoms with Gasteiger partial charge in [0.2, 0.25) is 5.91 Å². The van der Waals surface area contributed by atoms with E-state index >= 15 is 0 Å². The van der Waals surface area contributed by atoms with E-state index in [1.165, 1.54) is 37.1 Å². The van der Waals surface area contributed by atoms with Gasteiger partial charge in [0.05, 0.1) is 12.0 Å². The highest BCUT2D eigenvalue weighted by Crippen LogP contribution is 2.35. The predicted octanol–water partition coefficient (Wildman–Crippen LogP) is 1.95.